The summed E-state index contributed by atoms with van der Waals surface area (Å²) in [4.78, 5) is 26.4. The normalized spacial score (nSPS) is 21.4. The van der Waals surface area contributed by atoms with Gasteiger partial charge in [-0.2, -0.15) is 10.2 Å². The fraction of sp³-hybridized carbons (Fsp3) is 0.167. The summed E-state index contributed by atoms with van der Waals surface area (Å²) < 4.78 is 92.7. The second kappa shape index (κ2) is 13.0. The zero-order chi connectivity index (χ0) is 39.4. The number of hydrogen-bond acceptors (Lipinski definition) is 10. The van der Waals surface area contributed by atoms with Gasteiger partial charge >= 0.3 is 24.7 Å². The van der Waals surface area contributed by atoms with E-state index in [0.29, 0.717) is 0 Å². The summed E-state index contributed by atoms with van der Waals surface area (Å²) >= 11 is 0. The first-order valence-corrected chi connectivity index (χ1v) is 15.6. The van der Waals surface area contributed by atoms with Gasteiger partial charge in [0.2, 0.25) is 0 Å². The third-order valence-electron chi connectivity index (χ3n) is 9.46. The van der Waals surface area contributed by atoms with E-state index in [1.807, 2.05) is 0 Å². The maximum Gasteiger partial charge on any atom is 0.573 e. The Morgan fingerprint density at radius 3 is 1.28 bits per heavy atom. The molecule has 0 aromatic heterocycles. The van der Waals surface area contributed by atoms with E-state index in [1.54, 1.807) is 0 Å². The van der Waals surface area contributed by atoms with Crippen molar-refractivity contribution in [3.05, 3.63) is 118 Å². The number of fused-ring (bicyclic) bond motifs is 2. The molecule has 278 valence electrons. The minimum Gasteiger partial charge on any atom is -0.480 e. The van der Waals surface area contributed by atoms with Gasteiger partial charge in [0.25, 0.3) is 0 Å². The van der Waals surface area contributed by atoms with Crippen molar-refractivity contribution in [3.8, 4) is 22.6 Å². The number of hydrazone groups is 2. The molecule has 2 aliphatic carbocycles. The number of nitrogens with one attached hydrogen (secondary N) is 2. The molecule has 0 amide bonds. The molecule has 0 bridgehead atoms. The summed E-state index contributed by atoms with van der Waals surface area (Å²) in [6, 6.07) is 17.0. The zero-order valence-electron chi connectivity index (χ0n) is 27.3. The SMILES string of the molecule is N=C1/C(=N\N)CC(C(=O)O)(c2ccc(-c3ccc(C4(C(=O)O)C/C(=N\N)C(=N)c5ccccc54)c(OC(F)(F)F)c3)cc2OC(F)(F)F)c2ccccc21. The summed E-state index contributed by atoms with van der Waals surface area (Å²) in [7, 11) is 0. The minimum atomic E-state index is -5.40. The van der Waals surface area contributed by atoms with E-state index in [4.69, 9.17) is 22.5 Å². The van der Waals surface area contributed by atoms with Crippen LogP contribution in [0.2, 0.25) is 0 Å². The summed E-state index contributed by atoms with van der Waals surface area (Å²) in [6.07, 6.45) is -12.1. The highest BCUT2D eigenvalue weighted by atomic mass is 19.4. The van der Waals surface area contributed by atoms with E-state index >= 15 is 0 Å². The lowest BCUT2D eigenvalue weighted by Crippen LogP contribution is -2.46. The van der Waals surface area contributed by atoms with Crippen LogP contribution >= 0.6 is 0 Å². The maximum atomic E-state index is 14.0. The Kier molecular flexibility index (Phi) is 8.95. The van der Waals surface area contributed by atoms with E-state index in [1.165, 1.54) is 48.5 Å². The lowest BCUT2D eigenvalue weighted by molar-refractivity contribution is -0.276. The van der Waals surface area contributed by atoms with Crippen molar-refractivity contribution < 1.29 is 55.6 Å². The number of nitrogens with zero attached hydrogens (tertiary/aromatic N) is 2. The van der Waals surface area contributed by atoms with E-state index in [9.17, 15) is 46.1 Å². The molecule has 4 aromatic rings. The third-order valence-corrected chi connectivity index (χ3v) is 9.46. The Bertz CT molecular complexity index is 2160. The van der Waals surface area contributed by atoms with Crippen LogP contribution < -0.4 is 21.2 Å². The van der Waals surface area contributed by atoms with Gasteiger partial charge in [-0.3, -0.25) is 20.4 Å². The van der Waals surface area contributed by atoms with E-state index in [2.05, 4.69) is 19.7 Å². The average molecular weight is 753 g/mol. The number of ether oxygens (including phenoxy) is 2. The van der Waals surface area contributed by atoms with Gasteiger partial charge in [0.15, 0.2) is 0 Å². The molecule has 54 heavy (non-hydrogen) atoms. The number of rotatable bonds is 7. The summed E-state index contributed by atoms with van der Waals surface area (Å²) in [5, 5.41) is 45.4. The zero-order valence-corrected chi connectivity index (χ0v) is 27.3. The van der Waals surface area contributed by atoms with Crippen LogP contribution in [-0.2, 0) is 20.4 Å². The molecule has 18 heteroatoms. The number of hydrogen-bond donors (Lipinski definition) is 6. The van der Waals surface area contributed by atoms with Crippen LogP contribution in [0.3, 0.4) is 0 Å². The molecule has 0 heterocycles. The first-order chi connectivity index (χ1) is 25.4. The first kappa shape index (κ1) is 37.1. The molecular weight excluding hydrogens is 726 g/mol. The predicted octanol–water partition coefficient (Wildman–Crippen LogP) is 6.06. The van der Waals surface area contributed by atoms with Gasteiger partial charge in [0, 0.05) is 35.1 Å². The van der Waals surface area contributed by atoms with E-state index in [0.717, 1.165) is 36.4 Å². The number of aliphatic carboxylic acids is 2. The molecule has 12 nitrogen and oxygen atoms in total. The van der Waals surface area contributed by atoms with Crippen LogP contribution in [0.5, 0.6) is 11.5 Å². The molecule has 8 N–H and O–H groups in total. The van der Waals surface area contributed by atoms with Gasteiger partial charge in [0.1, 0.15) is 22.3 Å². The highest BCUT2D eigenvalue weighted by molar-refractivity contribution is 6.50. The van der Waals surface area contributed by atoms with Gasteiger partial charge in [-0.25, -0.2) is 0 Å². The van der Waals surface area contributed by atoms with Crippen LogP contribution in [0.15, 0.2) is 95.1 Å². The Morgan fingerprint density at radius 1 is 0.611 bits per heavy atom. The minimum absolute atomic E-state index is 0.0246. The van der Waals surface area contributed by atoms with Crippen LogP contribution in [0.1, 0.15) is 46.2 Å². The molecule has 2 aliphatic rings. The summed E-state index contributed by atoms with van der Waals surface area (Å²) in [5.74, 6) is 5.58. The average Bonchev–Trinajstić information content (AvgIpc) is 3.11. The maximum absolute atomic E-state index is 14.0. The molecule has 4 aromatic carbocycles. The highest BCUT2D eigenvalue weighted by Crippen LogP contribution is 2.50. The van der Waals surface area contributed by atoms with Crippen molar-refractivity contribution in [2.24, 2.45) is 21.9 Å². The second-order valence-electron chi connectivity index (χ2n) is 12.3. The lowest BCUT2D eigenvalue weighted by atomic mass is 9.64. The number of carboxylic acids is 2. The quantitative estimate of drug-likeness (QED) is 0.0738. The molecule has 6 rings (SSSR count). The number of halogens is 6. The summed E-state index contributed by atoms with van der Waals surface area (Å²) in [5.41, 5.74) is -7.28. The molecular formula is C36H26F6N6O6. The lowest BCUT2D eigenvalue weighted by Gasteiger charge is -2.38. The molecule has 2 unspecified atom stereocenters. The van der Waals surface area contributed by atoms with Gasteiger partial charge < -0.3 is 31.4 Å². The molecule has 0 radical (unpaired) electrons. The van der Waals surface area contributed by atoms with Gasteiger partial charge in [-0.05, 0) is 34.4 Å². The topological polar surface area (TPSA) is 218 Å². The smallest absolute Gasteiger partial charge is 0.480 e. The Balaban J connectivity index is 1.60. The third kappa shape index (κ3) is 6.04. The van der Waals surface area contributed by atoms with Crippen molar-refractivity contribution in [1.29, 1.82) is 10.8 Å². The molecule has 2 atom stereocenters. The number of benzene rings is 4. The van der Waals surface area contributed by atoms with Crippen molar-refractivity contribution >= 4 is 34.8 Å². The van der Waals surface area contributed by atoms with Gasteiger partial charge in [0.05, 0.1) is 22.8 Å². The first-order valence-electron chi connectivity index (χ1n) is 15.6. The van der Waals surface area contributed by atoms with Gasteiger partial charge in [-0.15, -0.1) is 26.3 Å². The van der Waals surface area contributed by atoms with Gasteiger partial charge in [-0.1, -0.05) is 72.8 Å². The fourth-order valence-electron chi connectivity index (χ4n) is 7.17. The highest BCUT2D eigenvalue weighted by Gasteiger charge is 2.53. The van der Waals surface area contributed by atoms with E-state index < -0.39 is 71.0 Å². The Morgan fingerprint density at radius 2 is 0.963 bits per heavy atom. The van der Waals surface area contributed by atoms with Crippen LogP contribution in [0, 0.1) is 10.8 Å². The monoisotopic (exact) mass is 752 g/mol. The Labute approximate surface area is 300 Å². The van der Waals surface area contributed by atoms with E-state index in [-0.39, 0.29) is 56.2 Å². The predicted molar refractivity (Wildman–Crippen MR) is 181 cm³/mol. The molecule has 0 saturated heterocycles. The fourth-order valence-corrected chi connectivity index (χ4v) is 7.17. The molecule has 0 aliphatic heterocycles. The molecule has 0 fully saturated rings. The van der Waals surface area contributed by atoms with Crippen molar-refractivity contribution in [2.45, 2.75) is 36.4 Å². The number of nitrogens with two attached hydrogens (primary N) is 2. The standard InChI is InChI=1S/C36H26F6N6O6/c37-35(38,39)53-27-13-17(9-11-23(27)33(31(49)50)15-25(47-45)29(43)19-5-1-3-7-21(19)33)18-10-12-24(28(14-18)54-36(40,41)42)34(32(51)52)16-26(48-46)30(44)20-6-2-4-8-22(20)34/h1-14,43-44H,15-16,45-46H2,(H,49,50)(H,51,52)/b43-29?,44-30?,47-25-,48-26+. The summed E-state index contributed by atoms with van der Waals surface area (Å²) in [6.45, 7) is 0. The van der Waals surface area contributed by atoms with Crippen molar-refractivity contribution in [1.82, 2.24) is 0 Å². The number of carbonyl (C=O) groups is 2. The van der Waals surface area contributed by atoms with Crippen LogP contribution in [0.25, 0.3) is 11.1 Å². The number of alkyl halides is 6. The Hall–Kier alpha value is -6.72. The van der Waals surface area contributed by atoms with Crippen LogP contribution in [0.4, 0.5) is 26.3 Å². The van der Waals surface area contributed by atoms with Crippen molar-refractivity contribution in [3.63, 3.8) is 0 Å². The second-order valence-corrected chi connectivity index (χ2v) is 12.3. The molecule has 0 spiro atoms. The molecule has 0 saturated carbocycles. The largest absolute Gasteiger partial charge is 0.573 e. The van der Waals surface area contributed by atoms with Crippen molar-refractivity contribution in [2.75, 3.05) is 0 Å². The number of carboxylic acid groups (broad SMARTS) is 2. The van der Waals surface area contributed by atoms with Crippen LogP contribution in [-0.4, -0.2) is 57.7 Å².